The molecule has 0 unspecified atom stereocenters. The van der Waals surface area contributed by atoms with Crippen molar-refractivity contribution in [2.75, 3.05) is 33.8 Å². The lowest BCUT2D eigenvalue weighted by Crippen LogP contribution is -2.33. The van der Waals surface area contributed by atoms with Gasteiger partial charge in [0.2, 0.25) is 0 Å². The second-order valence-corrected chi connectivity index (χ2v) is 8.02. The number of fused-ring (bicyclic) bond motifs is 2. The number of carbonyl (C=O) groups is 1. The Balaban J connectivity index is 0.00000218. The smallest absolute Gasteiger partial charge is 0.256 e. The maximum absolute atomic E-state index is 13.3. The first-order chi connectivity index (χ1) is 14.2. The van der Waals surface area contributed by atoms with E-state index >= 15 is 0 Å². The summed E-state index contributed by atoms with van der Waals surface area (Å²) in [5.41, 5.74) is 3.37. The van der Waals surface area contributed by atoms with E-state index in [4.69, 9.17) is 4.74 Å². The lowest BCUT2D eigenvalue weighted by atomic mass is 9.89. The normalized spacial score (nSPS) is 23.3. The van der Waals surface area contributed by atoms with Gasteiger partial charge >= 0.3 is 0 Å². The number of carbonyl (C=O) groups excluding carboxylic acids is 1. The molecule has 0 radical (unpaired) electrons. The Morgan fingerprint density at radius 2 is 1.80 bits per heavy atom. The fourth-order valence-electron chi connectivity index (χ4n) is 5.06. The van der Waals surface area contributed by atoms with Crippen LogP contribution in [-0.4, -0.2) is 59.5 Å². The quantitative estimate of drug-likeness (QED) is 0.644. The molecule has 0 aliphatic carbocycles. The molecule has 6 nitrogen and oxygen atoms in total. The Kier molecular flexibility index (Phi) is 5.62. The number of amides is 1. The van der Waals surface area contributed by atoms with Gasteiger partial charge in [0.25, 0.3) is 5.91 Å². The van der Waals surface area contributed by atoms with Crippen LogP contribution in [0, 0.1) is 11.8 Å². The second kappa shape index (κ2) is 8.20. The maximum atomic E-state index is 13.3. The molecule has 3 heterocycles. The Morgan fingerprint density at radius 3 is 2.57 bits per heavy atom. The molecule has 156 valence electrons. The highest BCUT2D eigenvalue weighted by atomic mass is 35.5. The van der Waals surface area contributed by atoms with E-state index in [1.54, 1.807) is 19.5 Å². The predicted octanol–water partition coefficient (Wildman–Crippen LogP) is 3.44. The number of methoxy groups -OCH3 is 1. The molecular formula is C23H25ClN4O2. The van der Waals surface area contributed by atoms with Crippen LogP contribution in [0.3, 0.4) is 0 Å². The van der Waals surface area contributed by atoms with Crippen molar-refractivity contribution in [1.82, 2.24) is 19.8 Å². The van der Waals surface area contributed by atoms with Crippen molar-refractivity contribution in [3.8, 4) is 5.75 Å². The Hall–Kier alpha value is -2.70. The highest BCUT2D eigenvalue weighted by molar-refractivity contribution is 6.04. The molecule has 0 N–H and O–H groups in total. The molecule has 0 bridgehead atoms. The van der Waals surface area contributed by atoms with Crippen LogP contribution in [0.15, 0.2) is 54.9 Å². The van der Waals surface area contributed by atoms with Crippen LogP contribution in [0.2, 0.25) is 0 Å². The van der Waals surface area contributed by atoms with Crippen LogP contribution < -0.4 is 4.74 Å². The summed E-state index contributed by atoms with van der Waals surface area (Å²) in [6.07, 6.45) is 3.30. The average Bonchev–Trinajstić information content (AvgIpc) is 3.29. The van der Waals surface area contributed by atoms with Gasteiger partial charge in [-0.3, -0.25) is 19.7 Å². The number of rotatable bonds is 3. The van der Waals surface area contributed by atoms with Crippen LogP contribution in [0.1, 0.15) is 22.0 Å². The number of nitrogens with zero attached hydrogens (tertiary/aromatic N) is 4. The van der Waals surface area contributed by atoms with Gasteiger partial charge in [0.1, 0.15) is 11.3 Å². The van der Waals surface area contributed by atoms with Gasteiger partial charge in [-0.2, -0.15) is 0 Å². The third-order valence-corrected chi connectivity index (χ3v) is 6.37. The van der Waals surface area contributed by atoms with Gasteiger partial charge in [-0.15, -0.1) is 12.4 Å². The minimum Gasteiger partial charge on any atom is -0.497 e. The molecular weight excluding hydrogens is 400 g/mol. The predicted molar refractivity (Wildman–Crippen MR) is 118 cm³/mol. The number of benzene rings is 2. The van der Waals surface area contributed by atoms with Gasteiger partial charge in [-0.1, -0.05) is 18.2 Å². The number of para-hydroxylation sites is 1. The lowest BCUT2D eigenvalue weighted by Gasteiger charge is -2.27. The largest absolute Gasteiger partial charge is 0.497 e. The van der Waals surface area contributed by atoms with E-state index in [1.807, 2.05) is 35.2 Å². The van der Waals surface area contributed by atoms with Crippen molar-refractivity contribution in [2.24, 2.45) is 11.8 Å². The van der Waals surface area contributed by atoms with Crippen molar-refractivity contribution >= 4 is 29.3 Å². The molecule has 3 aromatic rings. The summed E-state index contributed by atoms with van der Waals surface area (Å²) in [7, 11) is 3.87. The van der Waals surface area contributed by atoms with E-state index in [1.165, 1.54) is 5.56 Å². The summed E-state index contributed by atoms with van der Waals surface area (Å²) in [5.74, 6) is 1.84. The molecule has 0 spiro atoms. The van der Waals surface area contributed by atoms with Gasteiger partial charge in [0.15, 0.2) is 0 Å². The number of likely N-dealkylation sites (tertiary alicyclic amines) is 2. The molecule has 2 fully saturated rings. The van der Waals surface area contributed by atoms with E-state index in [2.05, 4.69) is 34.0 Å². The number of hydrogen-bond acceptors (Lipinski definition) is 5. The zero-order valence-corrected chi connectivity index (χ0v) is 17.9. The van der Waals surface area contributed by atoms with E-state index in [0.29, 0.717) is 29.0 Å². The molecule has 30 heavy (non-hydrogen) atoms. The number of aromatic nitrogens is 2. The summed E-state index contributed by atoms with van der Waals surface area (Å²) in [4.78, 5) is 26.5. The molecule has 7 heteroatoms. The number of halogens is 1. The summed E-state index contributed by atoms with van der Waals surface area (Å²) in [5, 5.41) is 0. The van der Waals surface area contributed by atoms with Gasteiger partial charge in [-0.25, -0.2) is 0 Å². The molecule has 2 aliphatic heterocycles. The van der Waals surface area contributed by atoms with Gasteiger partial charge in [0.05, 0.1) is 18.2 Å². The molecule has 2 aliphatic rings. The molecule has 1 amide bonds. The third-order valence-electron chi connectivity index (χ3n) is 6.37. The summed E-state index contributed by atoms with van der Waals surface area (Å²) >= 11 is 0. The fraction of sp³-hybridized carbons (Fsp3) is 0.348. The van der Waals surface area contributed by atoms with Crippen LogP contribution in [0.25, 0.3) is 11.0 Å². The first kappa shape index (κ1) is 20.6. The van der Waals surface area contributed by atoms with Crippen LogP contribution in [0.4, 0.5) is 0 Å². The van der Waals surface area contributed by atoms with Crippen LogP contribution in [0.5, 0.6) is 5.75 Å². The standard InChI is InChI=1S/C23H24N4O2.ClH/c1-26-12-16-13-27(14-19(16)22(26)15-6-8-17(29-2)9-7-15)23(28)18-4-3-5-20-21(18)25-11-10-24-20;/h3-11,16,19,22H,12-14H2,1-2H3;1H/t16-,19+,22-;/m0./s1. The maximum Gasteiger partial charge on any atom is 0.256 e. The molecule has 2 saturated heterocycles. The van der Waals surface area contributed by atoms with Crippen LogP contribution in [-0.2, 0) is 0 Å². The van der Waals surface area contributed by atoms with Gasteiger partial charge in [-0.05, 0) is 42.8 Å². The molecule has 2 aromatic carbocycles. The van der Waals surface area contributed by atoms with Gasteiger partial charge in [0, 0.05) is 44.0 Å². The van der Waals surface area contributed by atoms with Crippen molar-refractivity contribution in [2.45, 2.75) is 6.04 Å². The minimum atomic E-state index is 0. The molecule has 0 saturated carbocycles. The second-order valence-electron chi connectivity index (χ2n) is 8.02. The summed E-state index contributed by atoms with van der Waals surface area (Å²) < 4.78 is 5.30. The topological polar surface area (TPSA) is 58.6 Å². The third kappa shape index (κ3) is 3.40. The number of hydrogen-bond donors (Lipinski definition) is 0. The van der Waals surface area contributed by atoms with Gasteiger partial charge < -0.3 is 9.64 Å². The monoisotopic (exact) mass is 424 g/mol. The van der Waals surface area contributed by atoms with Crippen molar-refractivity contribution in [1.29, 1.82) is 0 Å². The Morgan fingerprint density at radius 1 is 1.03 bits per heavy atom. The number of ether oxygens (including phenoxy) is 1. The van der Waals surface area contributed by atoms with Crippen molar-refractivity contribution in [3.63, 3.8) is 0 Å². The molecule has 5 rings (SSSR count). The minimum absolute atomic E-state index is 0. The first-order valence-corrected chi connectivity index (χ1v) is 9.99. The zero-order chi connectivity index (χ0) is 20.0. The van der Waals surface area contributed by atoms with Crippen molar-refractivity contribution < 1.29 is 9.53 Å². The van der Waals surface area contributed by atoms with Crippen molar-refractivity contribution in [3.05, 3.63) is 66.0 Å². The highest BCUT2D eigenvalue weighted by Crippen LogP contribution is 2.44. The van der Waals surface area contributed by atoms with Crippen LogP contribution >= 0.6 is 12.4 Å². The highest BCUT2D eigenvalue weighted by Gasteiger charge is 2.47. The first-order valence-electron chi connectivity index (χ1n) is 9.99. The van der Waals surface area contributed by atoms with E-state index in [0.717, 1.165) is 30.9 Å². The lowest BCUT2D eigenvalue weighted by molar-refractivity contribution is 0.0769. The van der Waals surface area contributed by atoms with E-state index in [-0.39, 0.29) is 18.3 Å². The fourth-order valence-corrected chi connectivity index (χ4v) is 5.06. The Bertz CT molecular complexity index is 1050. The Labute approximate surface area is 182 Å². The summed E-state index contributed by atoms with van der Waals surface area (Å²) in [6.45, 7) is 2.55. The average molecular weight is 425 g/mol. The zero-order valence-electron chi connectivity index (χ0n) is 17.1. The van der Waals surface area contributed by atoms with E-state index in [9.17, 15) is 4.79 Å². The molecule has 3 atom stereocenters. The molecule has 1 aromatic heterocycles. The summed E-state index contributed by atoms with van der Waals surface area (Å²) in [6, 6.07) is 14.3. The SMILES string of the molecule is COc1ccc([C@H]2[C@@H]3CN(C(=O)c4cccc5nccnc45)C[C@@H]3CN2C)cc1.Cl. The van der Waals surface area contributed by atoms with E-state index < -0.39 is 0 Å².